The molecule has 1 fully saturated rings. The van der Waals surface area contributed by atoms with Crippen molar-refractivity contribution in [2.24, 2.45) is 11.8 Å². The lowest BCUT2D eigenvalue weighted by atomic mass is 9.75. The molecule has 1 saturated heterocycles. The van der Waals surface area contributed by atoms with E-state index in [1.807, 2.05) is 0 Å². The fourth-order valence-corrected chi connectivity index (χ4v) is 4.86. The van der Waals surface area contributed by atoms with Crippen molar-refractivity contribution in [1.82, 2.24) is 5.32 Å². The first kappa shape index (κ1) is 16.9. The zero-order valence-corrected chi connectivity index (χ0v) is 15.7. The third-order valence-electron chi connectivity index (χ3n) is 3.60. The van der Waals surface area contributed by atoms with Gasteiger partial charge in [0.2, 0.25) is 5.91 Å². The van der Waals surface area contributed by atoms with Gasteiger partial charge in [-0.25, -0.2) is 0 Å². The Hall–Kier alpha value is -0.176. The lowest BCUT2D eigenvalue weighted by Crippen LogP contribution is -2.70. The van der Waals surface area contributed by atoms with Gasteiger partial charge in [-0.1, -0.05) is 13.8 Å². The van der Waals surface area contributed by atoms with E-state index in [4.69, 9.17) is 8.85 Å². The highest BCUT2D eigenvalue weighted by Crippen LogP contribution is 2.38. The topological polar surface area (TPSA) is 47.6 Å². The van der Waals surface area contributed by atoms with Gasteiger partial charge in [0.05, 0.1) is 5.60 Å². The van der Waals surface area contributed by atoms with Crippen LogP contribution >= 0.6 is 0 Å². The fourth-order valence-electron chi connectivity index (χ4n) is 2.47. The van der Waals surface area contributed by atoms with Crippen molar-refractivity contribution in [2.75, 3.05) is 0 Å². The van der Waals surface area contributed by atoms with Gasteiger partial charge in [-0.3, -0.25) is 4.79 Å². The molecule has 0 aromatic carbocycles. The van der Waals surface area contributed by atoms with Crippen LogP contribution in [0.5, 0.6) is 0 Å². The number of carbonyl (C=O) groups excluding carboxylic acids is 1. The predicted molar refractivity (Wildman–Crippen MR) is 83.1 cm³/mol. The quantitative estimate of drug-likeness (QED) is 0.605. The van der Waals surface area contributed by atoms with Crippen molar-refractivity contribution in [3.63, 3.8) is 0 Å². The summed E-state index contributed by atoms with van der Waals surface area (Å²) in [6, 6.07) is 0. The standard InChI is InChI=1S/C13H29NO3Si2/c1-9(2)13(3,17-18(4)5)10-11(15)14-12(10)16-19(6,7)8/h9-10,12,18H,1-8H3,(H,14,15)/t10?,12?,13-/m1/s1. The van der Waals surface area contributed by atoms with Gasteiger partial charge in [-0.15, -0.1) is 0 Å². The molecule has 1 aliphatic rings. The Balaban J connectivity index is 2.91. The molecule has 1 rings (SSSR count). The molecule has 1 amide bonds. The Morgan fingerprint density at radius 2 is 1.84 bits per heavy atom. The first-order valence-electron chi connectivity index (χ1n) is 7.13. The number of hydrogen-bond donors (Lipinski definition) is 1. The summed E-state index contributed by atoms with van der Waals surface area (Å²) < 4.78 is 12.3. The van der Waals surface area contributed by atoms with E-state index >= 15 is 0 Å². The second-order valence-electron chi connectivity index (χ2n) is 7.14. The maximum absolute atomic E-state index is 12.0. The molecular formula is C13H29NO3Si2. The van der Waals surface area contributed by atoms with Gasteiger partial charge in [0.1, 0.15) is 12.1 Å². The summed E-state index contributed by atoms with van der Waals surface area (Å²) in [6.07, 6.45) is -0.181. The van der Waals surface area contributed by atoms with E-state index in [2.05, 4.69) is 58.8 Å². The number of rotatable bonds is 6. The van der Waals surface area contributed by atoms with E-state index in [1.165, 1.54) is 0 Å². The Kier molecular flexibility index (Phi) is 5.04. The van der Waals surface area contributed by atoms with Crippen LogP contribution in [0.15, 0.2) is 0 Å². The van der Waals surface area contributed by atoms with Crippen molar-refractivity contribution in [3.05, 3.63) is 0 Å². The van der Waals surface area contributed by atoms with Crippen LogP contribution < -0.4 is 5.32 Å². The van der Waals surface area contributed by atoms with Crippen molar-refractivity contribution in [1.29, 1.82) is 0 Å². The molecule has 0 aromatic rings. The number of nitrogens with one attached hydrogen (secondary N) is 1. The molecular weight excluding hydrogens is 274 g/mol. The summed E-state index contributed by atoms with van der Waals surface area (Å²) in [7, 11) is -2.89. The lowest BCUT2D eigenvalue weighted by Gasteiger charge is -2.51. The minimum atomic E-state index is -1.67. The minimum absolute atomic E-state index is 0.0640. The Labute approximate surface area is 120 Å². The Morgan fingerprint density at radius 1 is 1.32 bits per heavy atom. The SMILES string of the molecule is CC(C)[C@@](C)(O[SiH](C)C)C1C(=O)NC1O[Si](C)(C)C. The molecule has 0 aromatic heterocycles. The van der Waals surface area contributed by atoms with Crippen LogP contribution in [0, 0.1) is 11.8 Å². The molecule has 1 N–H and O–H groups in total. The number of amides is 1. The van der Waals surface area contributed by atoms with Gasteiger partial charge >= 0.3 is 0 Å². The second kappa shape index (κ2) is 5.67. The molecule has 0 saturated carbocycles. The molecule has 4 nitrogen and oxygen atoms in total. The predicted octanol–water partition coefficient (Wildman–Crippen LogP) is 2.32. The van der Waals surface area contributed by atoms with Crippen LogP contribution in [0.1, 0.15) is 20.8 Å². The van der Waals surface area contributed by atoms with Crippen molar-refractivity contribution >= 4 is 23.3 Å². The van der Waals surface area contributed by atoms with Crippen molar-refractivity contribution in [2.45, 2.75) is 65.3 Å². The van der Waals surface area contributed by atoms with E-state index in [9.17, 15) is 4.79 Å². The van der Waals surface area contributed by atoms with E-state index in [1.54, 1.807) is 0 Å². The summed E-state index contributed by atoms with van der Waals surface area (Å²) in [4.78, 5) is 12.0. The van der Waals surface area contributed by atoms with E-state index in [-0.39, 0.29) is 24.0 Å². The van der Waals surface area contributed by atoms with Gasteiger partial charge in [-0.2, -0.15) is 0 Å². The summed E-state index contributed by atoms with van der Waals surface area (Å²) in [5.74, 6) is 0.161. The molecule has 1 heterocycles. The van der Waals surface area contributed by atoms with Crippen LogP contribution in [-0.2, 0) is 13.6 Å². The Bertz CT molecular complexity index is 341. The largest absolute Gasteiger partial charge is 0.414 e. The highest BCUT2D eigenvalue weighted by atomic mass is 28.4. The summed E-state index contributed by atoms with van der Waals surface area (Å²) in [5.41, 5.74) is -0.424. The van der Waals surface area contributed by atoms with Crippen LogP contribution in [0.25, 0.3) is 0 Å². The van der Waals surface area contributed by atoms with Gasteiger partial charge in [0.15, 0.2) is 17.4 Å². The fraction of sp³-hybridized carbons (Fsp3) is 0.923. The zero-order valence-electron chi connectivity index (χ0n) is 13.5. The van der Waals surface area contributed by atoms with Crippen molar-refractivity contribution < 1.29 is 13.6 Å². The molecule has 0 spiro atoms. The zero-order chi connectivity index (χ0) is 15.0. The Morgan fingerprint density at radius 3 is 2.16 bits per heavy atom. The highest BCUT2D eigenvalue weighted by Gasteiger charge is 2.55. The molecule has 112 valence electrons. The van der Waals surface area contributed by atoms with Crippen LogP contribution in [0.4, 0.5) is 0 Å². The van der Waals surface area contributed by atoms with E-state index in [0.29, 0.717) is 0 Å². The number of β-lactam (4-membered cyclic amide) rings is 1. The molecule has 1 aliphatic heterocycles. The average molecular weight is 304 g/mol. The second-order valence-corrected chi connectivity index (χ2v) is 13.9. The van der Waals surface area contributed by atoms with Gasteiger partial charge in [0.25, 0.3) is 0 Å². The first-order valence-corrected chi connectivity index (χ1v) is 13.3. The van der Waals surface area contributed by atoms with Gasteiger partial charge in [0, 0.05) is 0 Å². The third kappa shape index (κ3) is 3.90. The average Bonchev–Trinajstić information content (AvgIpc) is 2.12. The summed E-state index contributed by atoms with van der Waals surface area (Å²) >= 11 is 0. The molecule has 19 heavy (non-hydrogen) atoms. The van der Waals surface area contributed by atoms with Gasteiger partial charge < -0.3 is 14.2 Å². The maximum atomic E-state index is 12.0. The van der Waals surface area contributed by atoms with Crippen LogP contribution in [0.3, 0.4) is 0 Å². The third-order valence-corrected chi connectivity index (χ3v) is 5.54. The molecule has 0 radical (unpaired) electrons. The number of carbonyl (C=O) groups is 1. The van der Waals surface area contributed by atoms with E-state index < -0.39 is 23.0 Å². The monoisotopic (exact) mass is 303 g/mol. The van der Waals surface area contributed by atoms with E-state index in [0.717, 1.165) is 0 Å². The lowest BCUT2D eigenvalue weighted by molar-refractivity contribution is -0.167. The van der Waals surface area contributed by atoms with Crippen LogP contribution in [0.2, 0.25) is 32.7 Å². The normalized spacial score (nSPS) is 27.2. The van der Waals surface area contributed by atoms with Crippen molar-refractivity contribution in [3.8, 4) is 0 Å². The highest BCUT2D eigenvalue weighted by molar-refractivity contribution is 6.69. The molecule has 0 bridgehead atoms. The molecule has 2 unspecified atom stereocenters. The molecule has 6 heteroatoms. The molecule has 0 aliphatic carbocycles. The number of hydrogen-bond acceptors (Lipinski definition) is 3. The summed E-state index contributed by atoms with van der Waals surface area (Å²) in [5, 5.41) is 2.89. The molecule has 3 atom stereocenters. The van der Waals surface area contributed by atoms with Gasteiger partial charge in [-0.05, 0) is 45.6 Å². The summed E-state index contributed by atoms with van der Waals surface area (Å²) in [6.45, 7) is 17.0. The first-order chi connectivity index (χ1) is 8.47. The smallest absolute Gasteiger partial charge is 0.232 e. The van der Waals surface area contributed by atoms with Crippen LogP contribution in [-0.4, -0.2) is 35.1 Å². The maximum Gasteiger partial charge on any atom is 0.232 e. The minimum Gasteiger partial charge on any atom is -0.414 e.